The normalized spacial score (nSPS) is 11.7. The molecule has 146 valence electrons. The van der Waals surface area contributed by atoms with Crippen LogP contribution in [-0.2, 0) is 14.8 Å². The Bertz CT molecular complexity index is 1220. The molecule has 0 saturated heterocycles. The summed E-state index contributed by atoms with van der Waals surface area (Å²) >= 11 is 0. The van der Waals surface area contributed by atoms with Crippen LogP contribution in [0.2, 0.25) is 0 Å². The molecule has 0 bridgehead atoms. The predicted molar refractivity (Wildman–Crippen MR) is 109 cm³/mol. The number of carbonyl (C=O) groups is 1. The largest absolute Gasteiger partial charge is 0.457 e. The van der Waals surface area contributed by atoms with E-state index < -0.39 is 15.9 Å². The number of nitrogens with two attached hydrogens (primary N) is 1. The molecule has 3 rings (SSSR count). The number of sulfonamides is 1. The molecule has 3 aromatic rings. The van der Waals surface area contributed by atoms with Crippen LogP contribution >= 0.6 is 0 Å². The second kappa shape index (κ2) is 8.14. The number of nitrogens with one attached hydrogen (secondary N) is 1. The average molecular weight is 407 g/mol. The Kier molecular flexibility index (Phi) is 5.64. The van der Waals surface area contributed by atoms with E-state index in [9.17, 15) is 18.5 Å². The molecule has 7 nitrogen and oxygen atoms in total. The van der Waals surface area contributed by atoms with Gasteiger partial charge < -0.3 is 9.73 Å². The molecule has 3 N–H and O–H groups in total. The highest BCUT2D eigenvalue weighted by atomic mass is 32.2. The Balaban J connectivity index is 1.79. The van der Waals surface area contributed by atoms with Gasteiger partial charge in [0, 0.05) is 17.3 Å². The number of furan rings is 1. The van der Waals surface area contributed by atoms with Crippen LogP contribution in [0.15, 0.2) is 75.5 Å². The van der Waals surface area contributed by atoms with Gasteiger partial charge in [-0.05, 0) is 55.5 Å². The van der Waals surface area contributed by atoms with Gasteiger partial charge in [-0.3, -0.25) is 4.79 Å². The number of carbonyl (C=O) groups excluding carboxylic acids is 1. The first-order chi connectivity index (χ1) is 13.8. The van der Waals surface area contributed by atoms with E-state index >= 15 is 0 Å². The lowest BCUT2D eigenvalue weighted by atomic mass is 10.2. The Labute approximate surface area is 168 Å². The van der Waals surface area contributed by atoms with Crippen LogP contribution in [0.1, 0.15) is 11.3 Å². The summed E-state index contributed by atoms with van der Waals surface area (Å²) in [7, 11) is -3.77. The molecular weight excluding hydrogens is 390 g/mol. The van der Waals surface area contributed by atoms with Gasteiger partial charge in [0.15, 0.2) is 0 Å². The number of hydrogen-bond donors (Lipinski definition) is 2. The zero-order chi connectivity index (χ0) is 21.0. The molecule has 0 aliphatic carbocycles. The van der Waals surface area contributed by atoms with Gasteiger partial charge in [0.25, 0.3) is 5.91 Å². The topological polar surface area (TPSA) is 126 Å². The van der Waals surface area contributed by atoms with Gasteiger partial charge in [-0.15, -0.1) is 0 Å². The predicted octanol–water partition coefficient (Wildman–Crippen LogP) is 3.45. The van der Waals surface area contributed by atoms with Gasteiger partial charge >= 0.3 is 0 Å². The highest BCUT2D eigenvalue weighted by molar-refractivity contribution is 7.89. The lowest BCUT2D eigenvalue weighted by molar-refractivity contribution is -0.112. The first-order valence-electron chi connectivity index (χ1n) is 8.49. The van der Waals surface area contributed by atoms with Crippen molar-refractivity contribution < 1.29 is 17.6 Å². The van der Waals surface area contributed by atoms with Gasteiger partial charge in [0.05, 0.1) is 4.90 Å². The van der Waals surface area contributed by atoms with E-state index in [0.29, 0.717) is 22.8 Å². The fourth-order valence-electron chi connectivity index (χ4n) is 2.52. The van der Waals surface area contributed by atoms with Crippen molar-refractivity contribution in [3.63, 3.8) is 0 Å². The van der Waals surface area contributed by atoms with Gasteiger partial charge in [-0.25, -0.2) is 13.6 Å². The molecule has 1 aromatic heterocycles. The van der Waals surface area contributed by atoms with Crippen LogP contribution in [0.3, 0.4) is 0 Å². The fourth-order valence-corrected chi connectivity index (χ4v) is 3.04. The fraction of sp³-hybridized carbons (Fsp3) is 0.0476. The summed E-state index contributed by atoms with van der Waals surface area (Å²) in [6.07, 6.45) is 1.34. The van der Waals surface area contributed by atoms with Crippen molar-refractivity contribution in [1.82, 2.24) is 0 Å². The molecule has 0 fully saturated rings. The Morgan fingerprint density at radius 3 is 2.31 bits per heavy atom. The van der Waals surface area contributed by atoms with E-state index in [1.807, 2.05) is 25.1 Å². The second-order valence-corrected chi connectivity index (χ2v) is 7.82. The molecule has 0 spiro atoms. The summed E-state index contributed by atoms with van der Waals surface area (Å²) in [5, 5.41) is 17.1. The molecule has 0 unspecified atom stereocenters. The number of nitrogens with zero attached hydrogens (tertiary/aromatic N) is 1. The van der Waals surface area contributed by atoms with E-state index in [1.54, 1.807) is 36.4 Å². The maximum absolute atomic E-state index is 12.3. The minimum Gasteiger partial charge on any atom is -0.457 e. The van der Waals surface area contributed by atoms with Crippen molar-refractivity contribution in [2.45, 2.75) is 11.8 Å². The summed E-state index contributed by atoms with van der Waals surface area (Å²) in [5.74, 6) is 0.214. The third kappa shape index (κ3) is 4.99. The Morgan fingerprint density at radius 2 is 1.72 bits per heavy atom. The molecule has 1 amide bonds. The first-order valence-corrected chi connectivity index (χ1v) is 10.0. The van der Waals surface area contributed by atoms with Crippen LogP contribution in [0.25, 0.3) is 17.4 Å². The molecule has 2 aromatic carbocycles. The molecular formula is C21H17N3O4S. The van der Waals surface area contributed by atoms with Crippen molar-refractivity contribution in [3.05, 3.63) is 77.6 Å². The molecule has 1 heterocycles. The van der Waals surface area contributed by atoms with E-state index in [0.717, 1.165) is 5.56 Å². The molecule has 8 heteroatoms. The lowest BCUT2D eigenvalue weighted by Gasteiger charge is -2.04. The zero-order valence-electron chi connectivity index (χ0n) is 15.4. The van der Waals surface area contributed by atoms with E-state index in [1.165, 1.54) is 18.2 Å². The number of rotatable bonds is 5. The van der Waals surface area contributed by atoms with E-state index in [4.69, 9.17) is 9.56 Å². The molecule has 0 aliphatic rings. The monoisotopic (exact) mass is 407 g/mol. The Hall–Kier alpha value is -3.67. The molecule has 29 heavy (non-hydrogen) atoms. The van der Waals surface area contributed by atoms with E-state index in [2.05, 4.69) is 5.32 Å². The number of nitriles is 1. The number of primary sulfonamides is 1. The number of hydrogen-bond acceptors (Lipinski definition) is 5. The van der Waals surface area contributed by atoms with Crippen molar-refractivity contribution in [3.8, 4) is 17.4 Å². The van der Waals surface area contributed by atoms with Crippen LogP contribution < -0.4 is 10.5 Å². The Morgan fingerprint density at radius 1 is 1.07 bits per heavy atom. The molecule has 0 atom stereocenters. The van der Waals surface area contributed by atoms with Gasteiger partial charge in [0.2, 0.25) is 10.0 Å². The minimum atomic E-state index is -3.77. The van der Waals surface area contributed by atoms with Gasteiger partial charge in [0.1, 0.15) is 23.2 Å². The lowest BCUT2D eigenvalue weighted by Crippen LogP contribution is -2.13. The summed E-state index contributed by atoms with van der Waals surface area (Å²) < 4.78 is 28.3. The quantitative estimate of drug-likeness (QED) is 0.495. The summed E-state index contributed by atoms with van der Waals surface area (Å²) in [5.41, 5.74) is 2.15. The van der Waals surface area contributed by atoms with Crippen LogP contribution in [0, 0.1) is 18.3 Å². The van der Waals surface area contributed by atoms with Crippen LogP contribution in [-0.4, -0.2) is 14.3 Å². The number of amides is 1. The maximum atomic E-state index is 12.3. The van der Waals surface area contributed by atoms with Crippen molar-refractivity contribution in [1.29, 1.82) is 5.26 Å². The SMILES string of the molecule is Cc1ccc(NC(=O)/C(C#N)=C\c2ccc(-c3ccc(S(N)(=O)=O)cc3)o2)cc1. The number of aryl methyl sites for hydroxylation is 1. The maximum Gasteiger partial charge on any atom is 0.266 e. The first kappa shape index (κ1) is 20.1. The summed E-state index contributed by atoms with van der Waals surface area (Å²) in [4.78, 5) is 12.3. The second-order valence-electron chi connectivity index (χ2n) is 6.26. The molecule has 0 radical (unpaired) electrons. The zero-order valence-corrected chi connectivity index (χ0v) is 16.2. The van der Waals surface area contributed by atoms with Crippen LogP contribution in [0.4, 0.5) is 5.69 Å². The molecule has 0 aliphatic heterocycles. The third-order valence-corrected chi connectivity index (χ3v) is 4.98. The highest BCUT2D eigenvalue weighted by Gasteiger charge is 2.12. The van der Waals surface area contributed by atoms with Gasteiger partial charge in [-0.2, -0.15) is 5.26 Å². The van der Waals surface area contributed by atoms with E-state index in [-0.39, 0.29) is 10.5 Å². The standard InChI is InChI=1S/C21H17N3O4S/c1-14-2-6-17(7-3-14)24-21(25)16(13-22)12-18-8-11-20(28-18)15-4-9-19(10-5-15)29(23,26)27/h2-12H,1H3,(H,24,25)(H2,23,26,27)/b16-12-. The van der Waals surface area contributed by atoms with Gasteiger partial charge in [-0.1, -0.05) is 17.7 Å². The third-order valence-electron chi connectivity index (χ3n) is 4.06. The van der Waals surface area contributed by atoms with Crippen molar-refractivity contribution >= 4 is 27.7 Å². The summed E-state index contributed by atoms with van der Waals surface area (Å²) in [6, 6.07) is 18.2. The van der Waals surface area contributed by atoms with Crippen molar-refractivity contribution in [2.75, 3.05) is 5.32 Å². The summed E-state index contributed by atoms with van der Waals surface area (Å²) in [6.45, 7) is 1.93. The smallest absolute Gasteiger partial charge is 0.266 e. The highest BCUT2D eigenvalue weighted by Crippen LogP contribution is 2.24. The van der Waals surface area contributed by atoms with Crippen molar-refractivity contribution in [2.24, 2.45) is 5.14 Å². The number of benzene rings is 2. The van der Waals surface area contributed by atoms with Crippen LogP contribution in [0.5, 0.6) is 0 Å². The number of anilines is 1. The average Bonchev–Trinajstić information content (AvgIpc) is 3.16. The molecule has 0 saturated carbocycles. The minimum absolute atomic E-state index is 0.00697.